The lowest BCUT2D eigenvalue weighted by molar-refractivity contribution is 0.670. The van der Waals surface area contributed by atoms with Crippen LogP contribution in [0.4, 0.5) is 0 Å². The highest BCUT2D eigenvalue weighted by atomic mass is 16.3. The number of para-hydroxylation sites is 3. The summed E-state index contributed by atoms with van der Waals surface area (Å²) in [6.45, 7) is 0. The number of nitrogens with zero attached hydrogens (tertiary/aromatic N) is 4. The molecule has 0 aliphatic carbocycles. The van der Waals surface area contributed by atoms with Crippen LogP contribution in [0.15, 0.2) is 198 Å². The van der Waals surface area contributed by atoms with Crippen LogP contribution in [0.1, 0.15) is 13.7 Å². The third-order valence-corrected chi connectivity index (χ3v) is 9.96. The molecule has 5 heteroatoms. The Bertz CT molecular complexity index is 3750. The zero-order valence-corrected chi connectivity index (χ0v) is 29.4. The van der Waals surface area contributed by atoms with Crippen molar-refractivity contribution >= 4 is 43.7 Å². The van der Waals surface area contributed by atoms with Crippen molar-refractivity contribution in [3.63, 3.8) is 0 Å². The molecule has 11 rings (SSSR count). The average molecular weight is 727 g/mol. The van der Waals surface area contributed by atoms with Crippen LogP contribution in [-0.4, -0.2) is 19.5 Å². The minimum Gasteiger partial charge on any atom is -0.455 e. The van der Waals surface area contributed by atoms with E-state index in [1.165, 1.54) is 12.1 Å². The molecule has 262 valence electrons. The highest BCUT2D eigenvalue weighted by molar-refractivity contribution is 6.16. The molecule has 5 nitrogen and oxygen atoms in total. The molecule has 0 radical (unpaired) electrons. The maximum absolute atomic E-state index is 9.52. The summed E-state index contributed by atoms with van der Waals surface area (Å²) in [5, 5.41) is 1.76. The van der Waals surface area contributed by atoms with Crippen LogP contribution in [0.2, 0.25) is 0 Å². The van der Waals surface area contributed by atoms with Gasteiger partial charge in [-0.15, -0.1) is 0 Å². The van der Waals surface area contributed by atoms with Crippen LogP contribution in [0.3, 0.4) is 0 Å². The molecule has 0 aliphatic rings. The second-order valence-corrected chi connectivity index (χ2v) is 13.2. The number of fused-ring (bicyclic) bond motifs is 6. The second kappa shape index (κ2) is 13.0. The van der Waals surface area contributed by atoms with Crippen molar-refractivity contribution in [1.29, 1.82) is 0 Å². The Kier molecular flexibility index (Phi) is 5.41. The van der Waals surface area contributed by atoms with Crippen molar-refractivity contribution in [2.45, 2.75) is 0 Å². The Labute approximate surface area is 336 Å². The monoisotopic (exact) mass is 726 g/mol. The van der Waals surface area contributed by atoms with Gasteiger partial charge in [-0.2, -0.15) is 0 Å². The molecule has 11 aromatic rings. The molecular formula is C51H32N4O. The van der Waals surface area contributed by atoms with Crippen molar-refractivity contribution < 1.29 is 18.1 Å². The topological polar surface area (TPSA) is 56.7 Å². The highest BCUT2D eigenvalue weighted by Gasteiger charge is 2.22. The lowest BCUT2D eigenvalue weighted by Crippen LogP contribution is -2.02. The van der Waals surface area contributed by atoms with E-state index in [0.717, 1.165) is 21.9 Å². The van der Waals surface area contributed by atoms with Crippen molar-refractivity contribution in [1.82, 2.24) is 19.5 Å². The molecule has 3 heterocycles. The Morgan fingerprint density at radius 3 is 1.88 bits per heavy atom. The highest BCUT2D eigenvalue weighted by Crippen LogP contribution is 2.44. The Morgan fingerprint density at radius 2 is 1.11 bits per heavy atom. The maximum atomic E-state index is 9.52. The van der Waals surface area contributed by atoms with Gasteiger partial charge in [0.2, 0.25) is 0 Å². The minimum absolute atomic E-state index is 0.0151. The van der Waals surface area contributed by atoms with Crippen LogP contribution in [0.5, 0.6) is 0 Å². The summed E-state index contributed by atoms with van der Waals surface area (Å²) in [7, 11) is 0. The van der Waals surface area contributed by atoms with Gasteiger partial charge in [-0.1, -0.05) is 158 Å². The van der Waals surface area contributed by atoms with Gasteiger partial charge in [0.15, 0.2) is 17.5 Å². The number of hydrogen-bond donors (Lipinski definition) is 0. The van der Waals surface area contributed by atoms with Gasteiger partial charge in [0.05, 0.1) is 30.4 Å². The fraction of sp³-hybridized carbons (Fsp3) is 0. The Morgan fingerprint density at radius 1 is 0.429 bits per heavy atom. The van der Waals surface area contributed by atoms with Gasteiger partial charge in [-0.25, -0.2) is 15.0 Å². The fourth-order valence-electron chi connectivity index (χ4n) is 7.47. The average Bonchev–Trinajstić information content (AvgIpc) is 3.91. The van der Waals surface area contributed by atoms with Crippen molar-refractivity contribution in [2.24, 2.45) is 0 Å². The zero-order valence-electron chi connectivity index (χ0n) is 39.4. The molecule has 56 heavy (non-hydrogen) atoms. The van der Waals surface area contributed by atoms with E-state index in [4.69, 9.17) is 27.6 Å². The molecule has 0 bridgehead atoms. The zero-order chi connectivity index (χ0) is 45.7. The Balaban J connectivity index is 1.29. The molecule has 0 atom stereocenters. The molecule has 0 spiro atoms. The standard InChI is InChI=1S/C51H32N4O/c1-4-16-33(17-5-1)37-24-15-28-45-47(37)41-23-10-12-27-43(41)55(45)44-31-30-36(32-42(44)40-26-14-25-39-38-22-11-13-29-46(38)56-48(39)40)51-53-49(34-18-6-2-7-19-34)52-50(54-51)35-20-8-3-9-21-35/h1-32H/i1D,4D,5D,10D,16D,17D,23D,24D,27D,28D. The molecule has 0 N–H and O–H groups in total. The molecule has 0 amide bonds. The third kappa shape index (κ3) is 5.21. The van der Waals surface area contributed by atoms with E-state index in [1.807, 2.05) is 115 Å². The Hall–Kier alpha value is -7.63. The van der Waals surface area contributed by atoms with Gasteiger partial charge in [-0.3, -0.25) is 0 Å². The summed E-state index contributed by atoms with van der Waals surface area (Å²) in [4.78, 5) is 14.9. The third-order valence-electron chi connectivity index (χ3n) is 9.96. The molecule has 3 aromatic heterocycles. The number of benzene rings is 8. The van der Waals surface area contributed by atoms with Crippen molar-refractivity contribution in [3.8, 4) is 62.1 Å². The molecular weight excluding hydrogens is 685 g/mol. The summed E-state index contributed by atoms with van der Waals surface area (Å²) in [5.41, 5.74) is 4.72. The number of rotatable bonds is 6. The van der Waals surface area contributed by atoms with Crippen LogP contribution >= 0.6 is 0 Å². The van der Waals surface area contributed by atoms with Gasteiger partial charge in [0.25, 0.3) is 0 Å². The summed E-state index contributed by atoms with van der Waals surface area (Å²) in [6.07, 6.45) is 0. The van der Waals surface area contributed by atoms with E-state index >= 15 is 0 Å². The first kappa shape index (κ1) is 23.2. The lowest BCUT2D eigenvalue weighted by Gasteiger charge is -2.16. The van der Waals surface area contributed by atoms with Gasteiger partial charge in [-0.05, 0) is 47.5 Å². The molecule has 0 saturated carbocycles. The van der Waals surface area contributed by atoms with Crippen LogP contribution < -0.4 is 0 Å². The number of aromatic nitrogens is 4. The van der Waals surface area contributed by atoms with Gasteiger partial charge < -0.3 is 8.98 Å². The normalized spacial score (nSPS) is 14.1. The van der Waals surface area contributed by atoms with Gasteiger partial charge in [0, 0.05) is 49.4 Å². The van der Waals surface area contributed by atoms with Gasteiger partial charge in [0.1, 0.15) is 11.2 Å². The minimum atomic E-state index is -0.619. The van der Waals surface area contributed by atoms with Crippen molar-refractivity contribution in [3.05, 3.63) is 194 Å². The quantitative estimate of drug-likeness (QED) is 0.171. The predicted octanol–water partition coefficient (Wildman–Crippen LogP) is 13.2. The molecule has 8 aromatic carbocycles. The van der Waals surface area contributed by atoms with Crippen molar-refractivity contribution in [2.75, 3.05) is 0 Å². The van der Waals surface area contributed by atoms with Gasteiger partial charge >= 0.3 is 0 Å². The first-order valence-corrected chi connectivity index (χ1v) is 18.0. The predicted molar refractivity (Wildman–Crippen MR) is 229 cm³/mol. The van der Waals surface area contributed by atoms with Crippen LogP contribution in [0.25, 0.3) is 106 Å². The van der Waals surface area contributed by atoms with Crippen LogP contribution in [0, 0.1) is 0 Å². The second-order valence-electron chi connectivity index (χ2n) is 13.2. The molecule has 0 fully saturated rings. The molecule has 0 aliphatic heterocycles. The summed E-state index contributed by atoms with van der Waals surface area (Å²) < 4.78 is 97.9. The largest absolute Gasteiger partial charge is 0.455 e. The number of furan rings is 1. The summed E-state index contributed by atoms with van der Waals surface area (Å²) in [6, 6.07) is 36.3. The SMILES string of the molecule is [2H]c1cc([2H])c2c(c1[2H])c1c(-c3c([2H])c([2H])c([2H])c([2H])c3[2H])c([2H])cc([2H])c1n2-c1ccc(-c2nc(-c3ccccc3)nc(-c3ccccc3)n2)cc1-c1cccc2c1oc1ccccc12. The van der Waals surface area contributed by atoms with E-state index in [1.54, 1.807) is 10.6 Å². The first-order chi connectivity index (χ1) is 31.9. The smallest absolute Gasteiger partial charge is 0.164 e. The fourth-order valence-corrected chi connectivity index (χ4v) is 7.47. The first-order valence-electron chi connectivity index (χ1n) is 23.0. The summed E-state index contributed by atoms with van der Waals surface area (Å²) >= 11 is 0. The lowest BCUT2D eigenvalue weighted by atomic mass is 9.97. The molecule has 0 saturated heterocycles. The van der Waals surface area contributed by atoms with Crippen LogP contribution in [-0.2, 0) is 0 Å². The van der Waals surface area contributed by atoms with E-state index in [9.17, 15) is 5.48 Å². The maximum Gasteiger partial charge on any atom is 0.164 e. The van der Waals surface area contributed by atoms with E-state index in [-0.39, 0.29) is 63.1 Å². The van der Waals surface area contributed by atoms with E-state index < -0.39 is 30.2 Å². The van der Waals surface area contributed by atoms with E-state index in [2.05, 4.69) is 0 Å². The number of hydrogen-bond acceptors (Lipinski definition) is 4. The summed E-state index contributed by atoms with van der Waals surface area (Å²) in [5.74, 6) is 1.25. The van der Waals surface area contributed by atoms with E-state index in [0.29, 0.717) is 51.0 Å². The molecule has 0 unspecified atom stereocenters.